The summed E-state index contributed by atoms with van der Waals surface area (Å²) in [5, 5.41) is 3.44. The Morgan fingerprint density at radius 3 is 2.39 bits per heavy atom. The Labute approximate surface area is 163 Å². The number of anilines is 1. The highest BCUT2D eigenvalue weighted by Gasteiger charge is 2.12. The topological polar surface area (TPSA) is 83.8 Å². The zero-order chi connectivity index (χ0) is 19.5. The van der Waals surface area contributed by atoms with Crippen molar-refractivity contribution in [1.29, 1.82) is 0 Å². The van der Waals surface area contributed by atoms with Crippen LogP contribution in [0.2, 0.25) is 0 Å². The molecule has 1 amide bonds. The average Bonchev–Trinajstić information content (AvgIpc) is 3.17. The lowest BCUT2D eigenvalue weighted by Crippen LogP contribution is -2.11. The minimum absolute atomic E-state index is 0.426. The molecule has 0 saturated heterocycles. The summed E-state index contributed by atoms with van der Waals surface area (Å²) in [6, 6.07) is 22.1. The van der Waals surface area contributed by atoms with Gasteiger partial charge in [-0.2, -0.15) is 0 Å². The number of fused-ring (bicyclic) bond motifs is 1. The summed E-state index contributed by atoms with van der Waals surface area (Å²) in [6.07, 6.45) is 1.05. The summed E-state index contributed by atoms with van der Waals surface area (Å²) in [5.41, 5.74) is 11.9. The van der Waals surface area contributed by atoms with Gasteiger partial charge in [0.2, 0.25) is 0 Å². The van der Waals surface area contributed by atoms with Crippen molar-refractivity contribution in [3.05, 3.63) is 83.4 Å². The van der Waals surface area contributed by atoms with Gasteiger partial charge in [-0.3, -0.25) is 4.79 Å². The van der Waals surface area contributed by atoms with Crippen molar-refractivity contribution in [3.8, 4) is 11.4 Å². The largest absolute Gasteiger partial charge is 0.381 e. The molecule has 0 aliphatic rings. The Kier molecular flexibility index (Phi) is 4.81. The molecule has 0 spiro atoms. The average molecular weight is 370 g/mol. The molecule has 1 aromatic heterocycles. The lowest BCUT2D eigenvalue weighted by atomic mass is 10.1. The number of primary amides is 1. The van der Waals surface area contributed by atoms with E-state index in [4.69, 9.17) is 5.73 Å². The molecule has 28 heavy (non-hydrogen) atoms. The Balaban J connectivity index is 1.50. The monoisotopic (exact) mass is 370 g/mol. The molecule has 140 valence electrons. The highest BCUT2D eigenvalue weighted by atomic mass is 16.1. The van der Waals surface area contributed by atoms with Gasteiger partial charge in [-0.1, -0.05) is 49.4 Å². The third-order valence-electron chi connectivity index (χ3n) is 4.86. The zero-order valence-corrected chi connectivity index (χ0v) is 15.7. The third kappa shape index (κ3) is 3.60. The van der Waals surface area contributed by atoms with Crippen LogP contribution in [0.25, 0.3) is 22.4 Å². The van der Waals surface area contributed by atoms with E-state index in [1.54, 1.807) is 12.1 Å². The van der Waals surface area contributed by atoms with Crippen LogP contribution in [-0.2, 0) is 13.0 Å². The van der Waals surface area contributed by atoms with Crippen LogP contribution in [0.4, 0.5) is 5.69 Å². The summed E-state index contributed by atoms with van der Waals surface area (Å²) in [4.78, 5) is 19.4. The second kappa shape index (κ2) is 7.56. The molecular formula is C23H22N4O. The van der Waals surface area contributed by atoms with Crippen molar-refractivity contribution in [3.63, 3.8) is 0 Å². The number of H-pyrrole nitrogens is 1. The van der Waals surface area contributed by atoms with Gasteiger partial charge in [0.25, 0.3) is 5.91 Å². The second-order valence-corrected chi connectivity index (χ2v) is 6.75. The molecule has 5 nitrogen and oxygen atoms in total. The van der Waals surface area contributed by atoms with Crippen LogP contribution in [-0.4, -0.2) is 15.9 Å². The predicted molar refractivity (Wildman–Crippen MR) is 113 cm³/mol. The first-order valence-electron chi connectivity index (χ1n) is 9.34. The molecular weight excluding hydrogens is 348 g/mol. The highest BCUT2D eigenvalue weighted by molar-refractivity contribution is 6.04. The Bertz CT molecular complexity index is 1110. The molecule has 4 aromatic rings. The number of nitrogens with one attached hydrogen (secondary N) is 2. The molecule has 5 heteroatoms. The van der Waals surface area contributed by atoms with Gasteiger partial charge >= 0.3 is 0 Å². The summed E-state index contributed by atoms with van der Waals surface area (Å²) in [7, 11) is 0. The van der Waals surface area contributed by atoms with Crippen molar-refractivity contribution in [2.45, 2.75) is 19.9 Å². The van der Waals surface area contributed by atoms with E-state index >= 15 is 0 Å². The van der Waals surface area contributed by atoms with E-state index in [2.05, 4.69) is 58.6 Å². The zero-order valence-electron chi connectivity index (χ0n) is 15.7. The van der Waals surface area contributed by atoms with Gasteiger partial charge in [-0.15, -0.1) is 0 Å². The first kappa shape index (κ1) is 17.8. The van der Waals surface area contributed by atoms with E-state index in [9.17, 15) is 4.79 Å². The number of carbonyl (C=O) groups excluding carboxylic acids is 1. The number of hydrogen-bond donors (Lipinski definition) is 3. The number of nitrogens with zero attached hydrogens (tertiary/aromatic N) is 1. The number of amides is 1. The van der Waals surface area contributed by atoms with Crippen molar-refractivity contribution in [1.82, 2.24) is 9.97 Å². The van der Waals surface area contributed by atoms with E-state index in [0.717, 1.165) is 35.6 Å². The number of rotatable bonds is 6. The van der Waals surface area contributed by atoms with E-state index < -0.39 is 5.91 Å². The van der Waals surface area contributed by atoms with Gasteiger partial charge in [-0.25, -0.2) is 4.98 Å². The molecule has 0 unspecified atom stereocenters. The number of imidazole rings is 1. The van der Waals surface area contributed by atoms with Gasteiger partial charge in [0.1, 0.15) is 11.3 Å². The van der Waals surface area contributed by atoms with Crippen LogP contribution in [0.5, 0.6) is 0 Å². The number of aromatic nitrogens is 2. The molecule has 3 aromatic carbocycles. The standard InChI is InChI=1S/C23H22N4O/c1-2-15-8-12-18(13-9-15)25-14-16-6-10-17(11-7-16)23-26-20-5-3-4-19(22(24)28)21(20)27-23/h3-13,25H,2,14H2,1H3,(H2,24,28)(H,26,27). The van der Waals surface area contributed by atoms with Crippen LogP contribution in [0.15, 0.2) is 66.7 Å². The van der Waals surface area contributed by atoms with Crippen molar-refractivity contribution in [2.75, 3.05) is 5.32 Å². The molecule has 0 aliphatic carbocycles. The predicted octanol–water partition coefficient (Wildman–Crippen LogP) is 4.50. The minimum atomic E-state index is -0.475. The SMILES string of the molecule is CCc1ccc(NCc2ccc(-c3nc4c(C(N)=O)cccc4[nH]3)cc2)cc1. The number of benzene rings is 3. The first-order valence-corrected chi connectivity index (χ1v) is 9.34. The van der Waals surface area contributed by atoms with E-state index in [1.165, 1.54) is 11.1 Å². The molecule has 0 radical (unpaired) electrons. The molecule has 1 heterocycles. The number of aryl methyl sites for hydroxylation is 1. The van der Waals surface area contributed by atoms with Gasteiger partial charge in [0, 0.05) is 17.8 Å². The molecule has 0 bridgehead atoms. The smallest absolute Gasteiger partial charge is 0.250 e. The van der Waals surface area contributed by atoms with Gasteiger partial charge in [0.05, 0.1) is 11.1 Å². The third-order valence-corrected chi connectivity index (χ3v) is 4.86. The number of carbonyl (C=O) groups is 1. The maximum Gasteiger partial charge on any atom is 0.250 e. The Hall–Kier alpha value is -3.60. The van der Waals surface area contributed by atoms with E-state index in [0.29, 0.717) is 11.1 Å². The highest BCUT2D eigenvalue weighted by Crippen LogP contribution is 2.23. The Morgan fingerprint density at radius 1 is 1.00 bits per heavy atom. The lowest BCUT2D eigenvalue weighted by Gasteiger charge is -2.08. The van der Waals surface area contributed by atoms with Gasteiger partial charge in [-0.05, 0) is 41.8 Å². The fraction of sp³-hybridized carbons (Fsp3) is 0.130. The van der Waals surface area contributed by atoms with Crippen LogP contribution in [0, 0.1) is 0 Å². The minimum Gasteiger partial charge on any atom is -0.381 e. The summed E-state index contributed by atoms with van der Waals surface area (Å²) < 4.78 is 0. The molecule has 0 aliphatic heterocycles. The molecule has 4 N–H and O–H groups in total. The maximum absolute atomic E-state index is 11.6. The molecule has 4 rings (SSSR count). The molecule has 0 fully saturated rings. The van der Waals surface area contributed by atoms with Crippen LogP contribution < -0.4 is 11.1 Å². The van der Waals surface area contributed by atoms with Crippen LogP contribution in [0.1, 0.15) is 28.4 Å². The first-order chi connectivity index (χ1) is 13.6. The van der Waals surface area contributed by atoms with Crippen LogP contribution in [0.3, 0.4) is 0 Å². The maximum atomic E-state index is 11.6. The quantitative estimate of drug-likeness (QED) is 0.467. The second-order valence-electron chi connectivity index (χ2n) is 6.75. The summed E-state index contributed by atoms with van der Waals surface area (Å²) in [5.74, 6) is 0.246. The molecule has 0 atom stereocenters. The van der Waals surface area contributed by atoms with E-state index in [1.807, 2.05) is 18.2 Å². The van der Waals surface area contributed by atoms with Crippen molar-refractivity contribution in [2.24, 2.45) is 5.73 Å². The van der Waals surface area contributed by atoms with Gasteiger partial charge in [0.15, 0.2) is 0 Å². The number of hydrogen-bond acceptors (Lipinski definition) is 3. The van der Waals surface area contributed by atoms with Crippen molar-refractivity contribution < 1.29 is 4.79 Å². The fourth-order valence-electron chi connectivity index (χ4n) is 3.21. The van der Waals surface area contributed by atoms with Crippen LogP contribution >= 0.6 is 0 Å². The number of aromatic amines is 1. The number of para-hydroxylation sites is 1. The Morgan fingerprint density at radius 2 is 1.71 bits per heavy atom. The molecule has 0 saturated carbocycles. The normalized spacial score (nSPS) is 10.9. The summed E-state index contributed by atoms with van der Waals surface area (Å²) >= 11 is 0. The lowest BCUT2D eigenvalue weighted by molar-refractivity contribution is 0.100. The summed E-state index contributed by atoms with van der Waals surface area (Å²) in [6.45, 7) is 2.90. The number of nitrogens with two attached hydrogens (primary N) is 1. The fourth-order valence-corrected chi connectivity index (χ4v) is 3.21. The van der Waals surface area contributed by atoms with Gasteiger partial charge < -0.3 is 16.0 Å². The van der Waals surface area contributed by atoms with E-state index in [-0.39, 0.29) is 0 Å². The van der Waals surface area contributed by atoms with Crippen molar-refractivity contribution >= 4 is 22.6 Å².